The van der Waals surface area contributed by atoms with Crippen molar-refractivity contribution in [1.82, 2.24) is 5.32 Å². The Bertz CT molecular complexity index is 695. The summed E-state index contributed by atoms with van der Waals surface area (Å²) < 4.78 is 15.1. The molecule has 0 fully saturated rings. The molecule has 2 rings (SSSR count). The Morgan fingerprint density at radius 2 is 1.56 bits per heavy atom. The van der Waals surface area contributed by atoms with E-state index < -0.39 is 5.97 Å². The van der Waals surface area contributed by atoms with E-state index in [2.05, 4.69) is 10.1 Å². The summed E-state index contributed by atoms with van der Waals surface area (Å²) in [6.45, 7) is 0.440. The van der Waals surface area contributed by atoms with Crippen LogP contribution in [-0.2, 0) is 16.0 Å². The number of carbonyl (C=O) groups excluding carboxylic acids is 2. The van der Waals surface area contributed by atoms with Crippen LogP contribution in [0.1, 0.15) is 15.9 Å². The molecule has 2 aromatic carbocycles. The summed E-state index contributed by atoms with van der Waals surface area (Å²) >= 11 is 0. The lowest BCUT2D eigenvalue weighted by atomic mass is 10.1. The summed E-state index contributed by atoms with van der Waals surface area (Å²) in [5, 5.41) is 2.80. The Morgan fingerprint density at radius 1 is 0.920 bits per heavy atom. The van der Waals surface area contributed by atoms with Crippen molar-refractivity contribution < 1.29 is 23.8 Å². The normalized spacial score (nSPS) is 10.0. The molecule has 0 spiro atoms. The van der Waals surface area contributed by atoms with Crippen LogP contribution in [0.25, 0.3) is 0 Å². The predicted molar refractivity (Wildman–Crippen MR) is 93.0 cm³/mol. The van der Waals surface area contributed by atoms with Gasteiger partial charge in [0.25, 0.3) is 5.91 Å². The quantitative estimate of drug-likeness (QED) is 0.744. The van der Waals surface area contributed by atoms with Crippen LogP contribution in [0, 0.1) is 0 Å². The van der Waals surface area contributed by atoms with Gasteiger partial charge in [0.1, 0.15) is 11.5 Å². The summed E-state index contributed by atoms with van der Waals surface area (Å²) in [6, 6.07) is 14.1. The van der Waals surface area contributed by atoms with Crippen molar-refractivity contribution >= 4 is 11.9 Å². The molecule has 0 saturated heterocycles. The second-order valence-electron chi connectivity index (χ2n) is 5.25. The van der Waals surface area contributed by atoms with E-state index in [1.807, 2.05) is 24.3 Å². The van der Waals surface area contributed by atoms with Gasteiger partial charge in [-0.2, -0.15) is 0 Å². The molecule has 0 saturated carbocycles. The maximum atomic E-state index is 11.8. The third kappa shape index (κ3) is 5.84. The van der Waals surface area contributed by atoms with Crippen LogP contribution in [0.15, 0.2) is 48.5 Å². The number of benzene rings is 2. The van der Waals surface area contributed by atoms with Crippen molar-refractivity contribution in [2.45, 2.75) is 6.42 Å². The minimum absolute atomic E-state index is 0.0832. The fourth-order valence-electron chi connectivity index (χ4n) is 2.14. The number of hydrogen-bond acceptors (Lipinski definition) is 5. The number of amides is 1. The third-order valence-corrected chi connectivity index (χ3v) is 3.54. The maximum Gasteiger partial charge on any atom is 0.337 e. The van der Waals surface area contributed by atoms with Crippen LogP contribution < -0.4 is 14.8 Å². The summed E-state index contributed by atoms with van der Waals surface area (Å²) in [5.41, 5.74) is 1.54. The van der Waals surface area contributed by atoms with Crippen LogP contribution >= 0.6 is 0 Å². The topological polar surface area (TPSA) is 73.9 Å². The van der Waals surface area contributed by atoms with E-state index in [0.717, 1.165) is 17.7 Å². The number of methoxy groups -OCH3 is 2. The fraction of sp³-hybridized carbons (Fsp3) is 0.263. The van der Waals surface area contributed by atoms with Crippen molar-refractivity contribution in [3.8, 4) is 11.5 Å². The van der Waals surface area contributed by atoms with Gasteiger partial charge in [-0.3, -0.25) is 4.79 Å². The molecule has 0 bridgehead atoms. The van der Waals surface area contributed by atoms with E-state index in [1.165, 1.54) is 7.11 Å². The minimum Gasteiger partial charge on any atom is -0.497 e. The molecule has 6 nitrogen and oxygen atoms in total. The molecule has 25 heavy (non-hydrogen) atoms. The monoisotopic (exact) mass is 343 g/mol. The number of esters is 1. The fourth-order valence-corrected chi connectivity index (χ4v) is 2.14. The Morgan fingerprint density at radius 3 is 2.16 bits per heavy atom. The first-order valence-corrected chi connectivity index (χ1v) is 7.83. The van der Waals surface area contributed by atoms with E-state index in [9.17, 15) is 9.59 Å². The molecule has 0 unspecified atom stereocenters. The van der Waals surface area contributed by atoms with Crippen molar-refractivity contribution in [2.75, 3.05) is 27.4 Å². The predicted octanol–water partition coefficient (Wildman–Crippen LogP) is 2.22. The van der Waals surface area contributed by atoms with Crippen LogP contribution in [0.2, 0.25) is 0 Å². The second-order valence-corrected chi connectivity index (χ2v) is 5.25. The molecular weight excluding hydrogens is 322 g/mol. The molecule has 0 heterocycles. The van der Waals surface area contributed by atoms with Gasteiger partial charge in [-0.15, -0.1) is 0 Å². The Labute approximate surface area is 146 Å². The SMILES string of the molecule is COC(=O)c1ccc(OCC(=O)NCCc2ccc(OC)cc2)cc1. The van der Waals surface area contributed by atoms with Crippen molar-refractivity contribution in [1.29, 1.82) is 0 Å². The molecule has 0 aliphatic carbocycles. The Kier molecular flexibility index (Phi) is 6.83. The van der Waals surface area contributed by atoms with Crippen molar-refractivity contribution in [2.24, 2.45) is 0 Å². The highest BCUT2D eigenvalue weighted by molar-refractivity contribution is 5.89. The van der Waals surface area contributed by atoms with E-state index in [1.54, 1.807) is 31.4 Å². The zero-order chi connectivity index (χ0) is 18.1. The van der Waals surface area contributed by atoms with Gasteiger partial charge < -0.3 is 19.5 Å². The smallest absolute Gasteiger partial charge is 0.337 e. The lowest BCUT2D eigenvalue weighted by molar-refractivity contribution is -0.123. The summed E-state index contributed by atoms with van der Waals surface area (Å²) in [5.74, 6) is 0.700. The first kappa shape index (κ1) is 18.3. The number of hydrogen-bond donors (Lipinski definition) is 1. The van der Waals surface area contributed by atoms with Crippen LogP contribution in [0.4, 0.5) is 0 Å². The van der Waals surface area contributed by atoms with Gasteiger partial charge in [0.15, 0.2) is 6.61 Å². The van der Waals surface area contributed by atoms with Gasteiger partial charge >= 0.3 is 5.97 Å². The Hall–Kier alpha value is -3.02. The second kappa shape index (κ2) is 9.32. The zero-order valence-electron chi connectivity index (χ0n) is 14.3. The van der Waals surface area contributed by atoms with Gasteiger partial charge in [0.05, 0.1) is 19.8 Å². The van der Waals surface area contributed by atoms with Gasteiger partial charge in [0, 0.05) is 6.54 Å². The van der Waals surface area contributed by atoms with Gasteiger partial charge in [-0.25, -0.2) is 4.79 Å². The molecule has 0 aromatic heterocycles. The number of carbonyl (C=O) groups is 2. The van der Waals surface area contributed by atoms with Crippen LogP contribution in [-0.4, -0.2) is 39.2 Å². The van der Waals surface area contributed by atoms with E-state index in [4.69, 9.17) is 9.47 Å². The number of nitrogens with one attached hydrogen (secondary N) is 1. The maximum absolute atomic E-state index is 11.8. The molecule has 1 amide bonds. The highest BCUT2D eigenvalue weighted by Crippen LogP contribution is 2.13. The van der Waals surface area contributed by atoms with Gasteiger partial charge in [-0.1, -0.05) is 12.1 Å². The third-order valence-electron chi connectivity index (χ3n) is 3.54. The average molecular weight is 343 g/mol. The first-order chi connectivity index (χ1) is 12.1. The molecule has 0 aliphatic rings. The summed E-state index contributed by atoms with van der Waals surface area (Å²) in [6.07, 6.45) is 0.726. The number of ether oxygens (including phenoxy) is 3. The molecular formula is C19H21NO5. The lowest BCUT2D eigenvalue weighted by Gasteiger charge is -2.08. The van der Waals surface area contributed by atoms with Crippen molar-refractivity contribution in [3.05, 3.63) is 59.7 Å². The molecule has 0 radical (unpaired) electrons. The first-order valence-electron chi connectivity index (χ1n) is 7.83. The molecule has 132 valence electrons. The van der Waals surface area contributed by atoms with E-state index >= 15 is 0 Å². The molecule has 2 aromatic rings. The standard InChI is InChI=1S/C19H21NO5/c1-23-16-7-3-14(4-8-16)11-12-20-18(21)13-25-17-9-5-15(6-10-17)19(22)24-2/h3-10H,11-13H2,1-2H3,(H,20,21). The van der Waals surface area contributed by atoms with Gasteiger partial charge in [-0.05, 0) is 48.4 Å². The molecule has 1 N–H and O–H groups in total. The molecule has 6 heteroatoms. The van der Waals surface area contributed by atoms with E-state index in [0.29, 0.717) is 17.9 Å². The number of rotatable bonds is 8. The van der Waals surface area contributed by atoms with Crippen LogP contribution in [0.5, 0.6) is 11.5 Å². The zero-order valence-corrected chi connectivity index (χ0v) is 14.3. The van der Waals surface area contributed by atoms with Gasteiger partial charge in [0.2, 0.25) is 0 Å². The molecule has 0 aliphatic heterocycles. The Balaban J connectivity index is 1.70. The van der Waals surface area contributed by atoms with Crippen molar-refractivity contribution in [3.63, 3.8) is 0 Å². The largest absolute Gasteiger partial charge is 0.497 e. The van der Waals surface area contributed by atoms with Crippen LogP contribution in [0.3, 0.4) is 0 Å². The highest BCUT2D eigenvalue weighted by atomic mass is 16.5. The molecule has 0 atom stereocenters. The lowest BCUT2D eigenvalue weighted by Crippen LogP contribution is -2.30. The van der Waals surface area contributed by atoms with E-state index in [-0.39, 0.29) is 12.5 Å². The highest BCUT2D eigenvalue weighted by Gasteiger charge is 2.06. The summed E-state index contributed by atoms with van der Waals surface area (Å²) in [4.78, 5) is 23.1. The summed E-state index contributed by atoms with van der Waals surface area (Å²) in [7, 11) is 2.95. The minimum atomic E-state index is -0.414. The average Bonchev–Trinajstić information content (AvgIpc) is 2.66.